The molecule has 2 heterocycles. The molecule has 142 valence electrons. The molecule has 1 unspecified atom stereocenters. The van der Waals surface area contributed by atoms with Crippen LogP contribution >= 0.6 is 23.2 Å². The number of halogens is 2. The highest BCUT2D eigenvalue weighted by molar-refractivity contribution is 6.32. The maximum absolute atomic E-state index is 10.5. The summed E-state index contributed by atoms with van der Waals surface area (Å²) in [6, 6.07) is 7.62. The van der Waals surface area contributed by atoms with Gasteiger partial charge in [-0.3, -0.25) is 0 Å². The Kier molecular flexibility index (Phi) is 5.22. The molecule has 1 aromatic carbocycles. The summed E-state index contributed by atoms with van der Waals surface area (Å²) in [6.07, 6.45) is -1.07. The topological polar surface area (TPSA) is 95.3 Å². The molecule has 0 bridgehead atoms. The lowest BCUT2D eigenvalue weighted by Gasteiger charge is -2.37. The second kappa shape index (κ2) is 7.16. The molecular weight excluding hydrogens is 389 g/mol. The first kappa shape index (κ1) is 19.7. The molecule has 2 N–H and O–H groups in total. The van der Waals surface area contributed by atoms with Crippen LogP contribution in [0.25, 0.3) is 22.4 Å². The third-order valence-electron chi connectivity index (χ3n) is 4.03. The molecule has 2 aromatic heterocycles. The number of fused-ring (bicyclic) bond motifs is 1. The van der Waals surface area contributed by atoms with Crippen molar-refractivity contribution in [3.8, 4) is 11.3 Å². The van der Waals surface area contributed by atoms with E-state index in [-0.39, 0.29) is 27.4 Å². The fraction of sp³-hybridized carbons (Fsp3) is 0.333. The first-order valence-electron chi connectivity index (χ1n) is 8.26. The fourth-order valence-corrected chi connectivity index (χ4v) is 3.34. The summed E-state index contributed by atoms with van der Waals surface area (Å²) in [5, 5.41) is 20.8. The number of aromatic nitrogens is 4. The Morgan fingerprint density at radius 1 is 1.07 bits per heavy atom. The molecule has 0 radical (unpaired) electrons. The van der Waals surface area contributed by atoms with Crippen molar-refractivity contribution >= 4 is 40.2 Å². The van der Waals surface area contributed by atoms with Crippen molar-refractivity contribution in [2.24, 2.45) is 0 Å². The summed E-state index contributed by atoms with van der Waals surface area (Å²) in [7, 11) is 0. The van der Waals surface area contributed by atoms with Crippen LogP contribution in [0, 0.1) is 6.92 Å². The predicted molar refractivity (Wildman–Crippen MR) is 106 cm³/mol. The van der Waals surface area contributed by atoms with Gasteiger partial charge in [-0.25, -0.2) is 9.97 Å². The summed E-state index contributed by atoms with van der Waals surface area (Å²) in [4.78, 5) is 18.5. The molecule has 0 saturated heterocycles. The number of aliphatic hydroxyl groups excluding tert-OH is 1. The Hall–Kier alpha value is -2.06. The van der Waals surface area contributed by atoms with E-state index >= 15 is 0 Å². The fourth-order valence-electron chi connectivity index (χ4n) is 2.96. The van der Waals surface area contributed by atoms with Gasteiger partial charge in [0.2, 0.25) is 5.28 Å². The van der Waals surface area contributed by atoms with Gasteiger partial charge in [0, 0.05) is 5.56 Å². The molecule has 0 aliphatic carbocycles. The standard InChI is InChI=1S/C18H19Cl2N5O2/c1-9-7-5-6-8-11(9)12-14(19)22-15-13(21-12)16(24-17(20)23-15)25(10(2)26)18(3,4)27/h5-8,10,26-27H,1-4H3. The van der Waals surface area contributed by atoms with Crippen LogP contribution in [-0.4, -0.2) is 42.1 Å². The molecule has 27 heavy (non-hydrogen) atoms. The van der Waals surface area contributed by atoms with Gasteiger partial charge < -0.3 is 15.1 Å². The molecule has 0 saturated carbocycles. The Morgan fingerprint density at radius 2 is 1.74 bits per heavy atom. The van der Waals surface area contributed by atoms with Crippen molar-refractivity contribution in [2.75, 3.05) is 4.90 Å². The van der Waals surface area contributed by atoms with Gasteiger partial charge >= 0.3 is 0 Å². The Balaban J connectivity index is 2.35. The van der Waals surface area contributed by atoms with E-state index < -0.39 is 12.0 Å². The number of nitrogens with zero attached hydrogens (tertiary/aromatic N) is 5. The Morgan fingerprint density at radius 3 is 2.33 bits per heavy atom. The van der Waals surface area contributed by atoms with E-state index in [4.69, 9.17) is 23.2 Å². The van der Waals surface area contributed by atoms with Crippen LogP contribution in [0.1, 0.15) is 26.3 Å². The monoisotopic (exact) mass is 407 g/mol. The highest BCUT2D eigenvalue weighted by Gasteiger charge is 2.32. The molecule has 0 aliphatic rings. The number of hydrogen-bond acceptors (Lipinski definition) is 7. The normalized spacial score (nSPS) is 13.0. The quantitative estimate of drug-likeness (QED) is 0.503. The third-order valence-corrected chi connectivity index (χ3v) is 4.47. The lowest BCUT2D eigenvalue weighted by atomic mass is 10.1. The van der Waals surface area contributed by atoms with Crippen LogP contribution in [0.2, 0.25) is 10.4 Å². The van der Waals surface area contributed by atoms with E-state index in [9.17, 15) is 10.2 Å². The molecule has 3 rings (SSSR count). The summed E-state index contributed by atoms with van der Waals surface area (Å²) < 4.78 is 0. The van der Waals surface area contributed by atoms with Crippen LogP contribution in [-0.2, 0) is 0 Å². The van der Waals surface area contributed by atoms with Crippen molar-refractivity contribution in [3.63, 3.8) is 0 Å². The first-order chi connectivity index (χ1) is 12.6. The van der Waals surface area contributed by atoms with Gasteiger partial charge in [-0.1, -0.05) is 35.9 Å². The highest BCUT2D eigenvalue weighted by atomic mass is 35.5. The number of aryl methyl sites for hydroxylation is 1. The molecule has 1 atom stereocenters. The number of hydrogen-bond donors (Lipinski definition) is 2. The molecule has 3 aromatic rings. The molecule has 0 fully saturated rings. The zero-order chi connectivity index (χ0) is 19.9. The summed E-state index contributed by atoms with van der Waals surface area (Å²) in [6.45, 7) is 6.49. The van der Waals surface area contributed by atoms with Crippen molar-refractivity contribution < 1.29 is 10.2 Å². The molecular formula is C18H19Cl2N5O2. The van der Waals surface area contributed by atoms with Gasteiger partial charge in [0.25, 0.3) is 0 Å². The van der Waals surface area contributed by atoms with Gasteiger partial charge in [0.1, 0.15) is 17.6 Å². The zero-order valence-electron chi connectivity index (χ0n) is 15.3. The van der Waals surface area contributed by atoms with Crippen LogP contribution in [0.4, 0.5) is 5.82 Å². The molecule has 9 heteroatoms. The van der Waals surface area contributed by atoms with Crippen LogP contribution in [0.15, 0.2) is 24.3 Å². The van der Waals surface area contributed by atoms with Crippen molar-refractivity contribution in [2.45, 2.75) is 39.6 Å². The minimum Gasteiger partial charge on any atom is -0.374 e. The van der Waals surface area contributed by atoms with E-state index in [0.717, 1.165) is 11.1 Å². The van der Waals surface area contributed by atoms with Gasteiger partial charge in [0.15, 0.2) is 22.1 Å². The van der Waals surface area contributed by atoms with Crippen LogP contribution in [0.3, 0.4) is 0 Å². The average Bonchev–Trinajstić information content (AvgIpc) is 2.53. The molecule has 0 amide bonds. The lowest BCUT2D eigenvalue weighted by Crippen LogP contribution is -2.50. The molecule has 0 spiro atoms. The Bertz CT molecular complexity index is 1000. The van der Waals surface area contributed by atoms with Gasteiger partial charge in [0.05, 0.1) is 0 Å². The third kappa shape index (κ3) is 3.82. The SMILES string of the molecule is Cc1ccccc1-c1nc2c(N(C(C)O)C(C)(C)O)nc(Cl)nc2nc1Cl. The van der Waals surface area contributed by atoms with Gasteiger partial charge in [-0.2, -0.15) is 9.97 Å². The van der Waals surface area contributed by atoms with Gasteiger partial charge in [-0.15, -0.1) is 0 Å². The summed E-state index contributed by atoms with van der Waals surface area (Å²) in [5.41, 5.74) is 1.23. The van der Waals surface area contributed by atoms with Crippen LogP contribution < -0.4 is 4.90 Å². The number of rotatable bonds is 4. The number of anilines is 1. The van der Waals surface area contributed by atoms with Crippen molar-refractivity contribution in [1.82, 2.24) is 19.9 Å². The van der Waals surface area contributed by atoms with E-state index in [1.54, 1.807) is 0 Å². The summed E-state index contributed by atoms with van der Waals surface area (Å²) in [5.74, 6) is 0.159. The van der Waals surface area contributed by atoms with E-state index in [1.165, 1.54) is 25.7 Å². The van der Waals surface area contributed by atoms with E-state index in [1.807, 2.05) is 31.2 Å². The first-order valence-corrected chi connectivity index (χ1v) is 9.01. The van der Waals surface area contributed by atoms with Crippen molar-refractivity contribution in [3.05, 3.63) is 40.3 Å². The highest BCUT2D eigenvalue weighted by Crippen LogP contribution is 2.34. The summed E-state index contributed by atoms with van der Waals surface area (Å²) >= 11 is 12.4. The van der Waals surface area contributed by atoms with E-state index in [0.29, 0.717) is 5.69 Å². The minimum absolute atomic E-state index is 0.0959. The molecule has 7 nitrogen and oxygen atoms in total. The maximum Gasteiger partial charge on any atom is 0.226 e. The minimum atomic E-state index is -1.44. The lowest BCUT2D eigenvalue weighted by molar-refractivity contribution is 0.0279. The van der Waals surface area contributed by atoms with Gasteiger partial charge in [-0.05, 0) is 44.9 Å². The molecule has 0 aliphatic heterocycles. The second-order valence-electron chi connectivity index (χ2n) is 6.66. The Labute approximate surface area is 166 Å². The predicted octanol–water partition coefficient (Wildman–Crippen LogP) is 3.58. The second-order valence-corrected chi connectivity index (χ2v) is 7.36. The maximum atomic E-state index is 10.5. The smallest absolute Gasteiger partial charge is 0.226 e. The van der Waals surface area contributed by atoms with E-state index in [2.05, 4.69) is 19.9 Å². The number of aliphatic hydroxyl groups is 2. The van der Waals surface area contributed by atoms with Crippen LogP contribution in [0.5, 0.6) is 0 Å². The largest absolute Gasteiger partial charge is 0.374 e. The zero-order valence-corrected chi connectivity index (χ0v) is 16.8. The van der Waals surface area contributed by atoms with Crippen molar-refractivity contribution in [1.29, 1.82) is 0 Å². The average molecular weight is 408 g/mol. The number of benzene rings is 1.